The van der Waals surface area contributed by atoms with Crippen molar-refractivity contribution in [2.75, 3.05) is 17.7 Å². The molecule has 7 nitrogen and oxygen atoms in total. The van der Waals surface area contributed by atoms with E-state index in [-0.39, 0.29) is 11.9 Å². The number of amides is 1. The highest BCUT2D eigenvalue weighted by Crippen LogP contribution is 2.36. The molecular weight excluding hydrogens is 356 g/mol. The Morgan fingerprint density at radius 1 is 1.18 bits per heavy atom. The van der Waals surface area contributed by atoms with Gasteiger partial charge < -0.3 is 15.4 Å². The lowest BCUT2D eigenvalue weighted by molar-refractivity contribution is -0.114. The van der Waals surface area contributed by atoms with Crippen molar-refractivity contribution in [2.45, 2.75) is 26.8 Å². The molecule has 28 heavy (non-hydrogen) atoms. The van der Waals surface area contributed by atoms with Gasteiger partial charge in [-0.1, -0.05) is 0 Å². The van der Waals surface area contributed by atoms with Crippen LogP contribution in [0.2, 0.25) is 0 Å². The van der Waals surface area contributed by atoms with Crippen LogP contribution in [0, 0.1) is 0 Å². The van der Waals surface area contributed by atoms with Gasteiger partial charge in [0.2, 0.25) is 11.9 Å². The van der Waals surface area contributed by atoms with Gasteiger partial charge in [-0.05, 0) is 43.7 Å². The lowest BCUT2D eigenvalue weighted by Crippen LogP contribution is -2.12. The second kappa shape index (κ2) is 8.04. The number of aromatic nitrogens is 2. The van der Waals surface area contributed by atoms with Crippen LogP contribution in [0.3, 0.4) is 0 Å². The van der Waals surface area contributed by atoms with Crippen LogP contribution in [0.15, 0.2) is 36.5 Å². The van der Waals surface area contributed by atoms with Crippen molar-refractivity contribution in [1.82, 2.24) is 9.97 Å². The highest BCUT2D eigenvalue weighted by molar-refractivity contribution is 5.97. The zero-order chi connectivity index (χ0) is 20.3. The van der Waals surface area contributed by atoms with Crippen molar-refractivity contribution in [1.29, 1.82) is 0 Å². The molecule has 0 unspecified atom stereocenters. The molecule has 3 aromatic rings. The zero-order valence-electron chi connectivity index (χ0n) is 16.2. The number of rotatable bonds is 6. The largest absolute Gasteiger partial charge is 0.496 e. The maximum Gasteiger partial charge on any atom is 0.223 e. The summed E-state index contributed by atoms with van der Waals surface area (Å²) in [6, 6.07) is 9.03. The van der Waals surface area contributed by atoms with E-state index in [9.17, 15) is 9.59 Å². The summed E-state index contributed by atoms with van der Waals surface area (Å²) < 4.78 is 5.57. The summed E-state index contributed by atoms with van der Waals surface area (Å²) in [5.41, 5.74) is 3.19. The quantitative estimate of drug-likeness (QED) is 0.632. The number of benzene rings is 2. The minimum atomic E-state index is -0.186. The van der Waals surface area contributed by atoms with Crippen LogP contribution in [-0.4, -0.2) is 35.3 Å². The molecule has 0 atom stereocenters. The first kappa shape index (κ1) is 19.3. The van der Waals surface area contributed by atoms with Crippen molar-refractivity contribution >= 4 is 34.7 Å². The van der Waals surface area contributed by atoms with Crippen LogP contribution in [0.5, 0.6) is 5.75 Å². The van der Waals surface area contributed by atoms with Crippen molar-refractivity contribution < 1.29 is 14.3 Å². The summed E-state index contributed by atoms with van der Waals surface area (Å²) in [5, 5.41) is 6.72. The Hall–Kier alpha value is -3.48. The van der Waals surface area contributed by atoms with E-state index in [1.165, 1.54) is 6.92 Å². The number of nitrogens with zero attached hydrogens (tertiary/aromatic N) is 2. The number of fused-ring (bicyclic) bond motifs is 1. The van der Waals surface area contributed by atoms with Gasteiger partial charge >= 0.3 is 0 Å². The van der Waals surface area contributed by atoms with Crippen LogP contribution in [-0.2, 0) is 4.79 Å². The number of hydrogen-bond acceptors (Lipinski definition) is 6. The number of nitrogens with one attached hydrogen (secondary N) is 2. The van der Waals surface area contributed by atoms with Gasteiger partial charge in [-0.15, -0.1) is 0 Å². The minimum Gasteiger partial charge on any atom is -0.496 e. The Kier molecular flexibility index (Phi) is 5.54. The summed E-state index contributed by atoms with van der Waals surface area (Å²) in [6.07, 6.45) is 2.51. The van der Waals surface area contributed by atoms with Crippen molar-refractivity contribution in [2.24, 2.45) is 0 Å². The Morgan fingerprint density at radius 3 is 2.61 bits per heavy atom. The third kappa shape index (κ3) is 4.09. The molecule has 144 valence electrons. The van der Waals surface area contributed by atoms with E-state index < -0.39 is 0 Å². The zero-order valence-corrected chi connectivity index (χ0v) is 16.2. The van der Waals surface area contributed by atoms with Crippen LogP contribution in [0.25, 0.3) is 22.0 Å². The van der Waals surface area contributed by atoms with Gasteiger partial charge in [-0.3, -0.25) is 9.59 Å². The average molecular weight is 378 g/mol. The number of carbonyl (C=O) groups excluding carboxylic acids is 2. The monoisotopic (exact) mass is 378 g/mol. The van der Waals surface area contributed by atoms with Crippen LogP contribution in [0.4, 0.5) is 11.6 Å². The van der Waals surface area contributed by atoms with Gasteiger partial charge in [0, 0.05) is 47.4 Å². The fourth-order valence-electron chi connectivity index (χ4n) is 2.94. The molecule has 0 aliphatic rings. The summed E-state index contributed by atoms with van der Waals surface area (Å²) >= 11 is 0. The van der Waals surface area contributed by atoms with Gasteiger partial charge in [0.15, 0.2) is 6.29 Å². The third-order valence-corrected chi connectivity index (χ3v) is 4.11. The molecule has 0 radical (unpaired) electrons. The number of anilines is 2. The van der Waals surface area contributed by atoms with Gasteiger partial charge in [0.25, 0.3) is 0 Å². The Morgan fingerprint density at radius 2 is 1.96 bits per heavy atom. The second-order valence-electron chi connectivity index (χ2n) is 6.71. The molecule has 0 fully saturated rings. The molecule has 7 heteroatoms. The predicted molar refractivity (Wildman–Crippen MR) is 110 cm³/mol. The number of aldehydes is 1. The minimum absolute atomic E-state index is 0.186. The molecule has 3 rings (SSSR count). The number of carbonyl (C=O) groups is 2. The van der Waals surface area contributed by atoms with E-state index in [1.54, 1.807) is 31.5 Å². The SMILES string of the molecule is COc1cc2nc(NC(C)C)ncc2cc1-c1cc(NC(C)=O)ccc1C=O. The molecule has 2 aromatic carbocycles. The van der Waals surface area contributed by atoms with Crippen LogP contribution in [0.1, 0.15) is 31.1 Å². The molecular formula is C21H22N4O3. The van der Waals surface area contributed by atoms with Gasteiger partial charge in [0.05, 0.1) is 12.6 Å². The molecule has 1 amide bonds. The van der Waals surface area contributed by atoms with Crippen LogP contribution >= 0.6 is 0 Å². The van der Waals surface area contributed by atoms with Gasteiger partial charge in [-0.2, -0.15) is 0 Å². The standard InChI is InChI=1S/C21H22N4O3/c1-12(2)23-21-22-10-15-7-18(20(28-4)9-19(15)25-21)17-8-16(24-13(3)27)6-5-14(17)11-26/h5-12H,1-4H3,(H,24,27)(H,22,23,25). The molecule has 1 heterocycles. The highest BCUT2D eigenvalue weighted by atomic mass is 16.5. The van der Waals surface area contributed by atoms with Gasteiger partial charge in [0.1, 0.15) is 5.75 Å². The van der Waals surface area contributed by atoms with Crippen molar-refractivity contribution in [3.8, 4) is 16.9 Å². The molecule has 1 aromatic heterocycles. The van der Waals surface area contributed by atoms with E-state index in [1.807, 2.05) is 26.0 Å². The van der Waals surface area contributed by atoms with Crippen molar-refractivity contribution in [3.05, 3.63) is 42.1 Å². The summed E-state index contributed by atoms with van der Waals surface area (Å²) in [4.78, 5) is 31.9. The summed E-state index contributed by atoms with van der Waals surface area (Å²) in [7, 11) is 1.57. The number of ether oxygens (including phenoxy) is 1. The van der Waals surface area contributed by atoms with Crippen LogP contribution < -0.4 is 15.4 Å². The van der Waals surface area contributed by atoms with Crippen molar-refractivity contribution in [3.63, 3.8) is 0 Å². The van der Waals surface area contributed by atoms with E-state index in [0.29, 0.717) is 28.5 Å². The molecule has 0 aliphatic heterocycles. The smallest absolute Gasteiger partial charge is 0.223 e. The lowest BCUT2D eigenvalue weighted by atomic mass is 9.97. The third-order valence-electron chi connectivity index (χ3n) is 4.11. The predicted octanol–water partition coefficient (Wildman–Crippen LogP) is 3.90. The normalized spacial score (nSPS) is 10.8. The maximum atomic E-state index is 11.6. The highest BCUT2D eigenvalue weighted by Gasteiger charge is 2.14. The summed E-state index contributed by atoms with van der Waals surface area (Å²) in [6.45, 7) is 5.46. The summed E-state index contributed by atoms with van der Waals surface area (Å²) in [5.74, 6) is 0.928. The molecule has 0 saturated heterocycles. The molecule has 0 spiro atoms. The van der Waals surface area contributed by atoms with E-state index in [2.05, 4.69) is 20.6 Å². The second-order valence-corrected chi connectivity index (χ2v) is 6.71. The lowest BCUT2D eigenvalue weighted by Gasteiger charge is -2.14. The molecule has 0 bridgehead atoms. The Labute approximate surface area is 163 Å². The maximum absolute atomic E-state index is 11.6. The molecule has 0 saturated carbocycles. The Balaban J connectivity index is 2.16. The first-order valence-corrected chi connectivity index (χ1v) is 8.89. The average Bonchev–Trinajstić information content (AvgIpc) is 2.65. The first-order valence-electron chi connectivity index (χ1n) is 8.89. The molecule has 0 aliphatic carbocycles. The fourth-order valence-corrected chi connectivity index (χ4v) is 2.94. The Bertz CT molecular complexity index is 1050. The fraction of sp³-hybridized carbons (Fsp3) is 0.238. The van der Waals surface area contributed by atoms with E-state index >= 15 is 0 Å². The number of hydrogen-bond donors (Lipinski definition) is 2. The molecule has 2 N–H and O–H groups in total. The first-order chi connectivity index (χ1) is 13.4. The topological polar surface area (TPSA) is 93.2 Å². The van der Waals surface area contributed by atoms with E-state index in [0.717, 1.165) is 22.8 Å². The number of methoxy groups -OCH3 is 1. The van der Waals surface area contributed by atoms with Gasteiger partial charge in [-0.25, -0.2) is 9.97 Å². The van der Waals surface area contributed by atoms with E-state index in [4.69, 9.17) is 4.74 Å².